The normalized spacial score (nSPS) is 11.6. The van der Waals surface area contributed by atoms with Gasteiger partial charge in [0.15, 0.2) is 0 Å². The fourth-order valence-electron chi connectivity index (χ4n) is 8.61. The molecule has 0 radical (unpaired) electrons. The van der Waals surface area contributed by atoms with Crippen LogP contribution in [0.25, 0.3) is 98.9 Å². The van der Waals surface area contributed by atoms with Crippen molar-refractivity contribution in [2.45, 2.75) is 13.8 Å². The third kappa shape index (κ3) is 4.27. The molecule has 0 amide bonds. The van der Waals surface area contributed by atoms with E-state index in [-0.39, 0.29) is 0 Å². The first kappa shape index (κ1) is 29.8. The lowest BCUT2D eigenvalue weighted by atomic mass is 9.84. The van der Waals surface area contributed by atoms with E-state index in [2.05, 4.69) is 123 Å². The second kappa shape index (κ2) is 11.2. The number of hydrogen-bond acceptors (Lipinski definition) is 3. The van der Waals surface area contributed by atoms with Gasteiger partial charge in [0.25, 0.3) is 0 Å². The van der Waals surface area contributed by atoms with E-state index in [0.29, 0.717) is 11.1 Å². The molecule has 10 rings (SSSR count). The molecule has 0 spiro atoms. The van der Waals surface area contributed by atoms with Crippen molar-refractivity contribution in [2.75, 3.05) is 0 Å². The lowest BCUT2D eigenvalue weighted by Gasteiger charge is -2.19. The number of nitrogens with zero attached hydrogens (tertiary/aromatic N) is 3. The SMILES string of the molecule is Cc1cc(C#N)ccc1-c1cc2c3cc4c(cc3c(-c3ccc(C#N)cc3C)cc2c2ccccc12)-c1cccc2c(-c3ccccn3)ccc-4c12. The van der Waals surface area contributed by atoms with Crippen molar-refractivity contribution in [3.05, 3.63) is 162 Å². The molecule has 3 nitrogen and oxygen atoms in total. The van der Waals surface area contributed by atoms with Gasteiger partial charge in [-0.15, -0.1) is 0 Å². The summed E-state index contributed by atoms with van der Waals surface area (Å²) in [6.07, 6.45) is 1.86. The Bertz CT molecular complexity index is 3100. The van der Waals surface area contributed by atoms with Gasteiger partial charge in [-0.1, -0.05) is 72.8 Å². The van der Waals surface area contributed by atoms with Crippen molar-refractivity contribution in [3.63, 3.8) is 0 Å². The molecule has 1 aliphatic rings. The summed E-state index contributed by atoms with van der Waals surface area (Å²) in [5.41, 5.74) is 15.0. The van der Waals surface area contributed by atoms with Gasteiger partial charge in [-0.05, 0) is 173 Å². The van der Waals surface area contributed by atoms with Crippen LogP contribution in [0.15, 0.2) is 140 Å². The second-order valence-corrected chi connectivity index (χ2v) is 13.8. The summed E-state index contributed by atoms with van der Waals surface area (Å²) in [5.74, 6) is 0. The van der Waals surface area contributed by atoms with Crippen LogP contribution >= 0.6 is 0 Å². The molecule has 1 aliphatic carbocycles. The van der Waals surface area contributed by atoms with Gasteiger partial charge in [-0.3, -0.25) is 4.98 Å². The molecule has 0 fully saturated rings. The van der Waals surface area contributed by atoms with E-state index >= 15 is 0 Å². The predicted molar refractivity (Wildman–Crippen MR) is 214 cm³/mol. The van der Waals surface area contributed by atoms with E-state index < -0.39 is 0 Å². The summed E-state index contributed by atoms with van der Waals surface area (Å²) in [6.45, 7) is 4.19. The Morgan fingerprint density at radius 2 is 0.904 bits per heavy atom. The highest BCUT2D eigenvalue weighted by molar-refractivity contribution is 6.27. The van der Waals surface area contributed by atoms with Crippen LogP contribution in [0.4, 0.5) is 0 Å². The molecule has 0 atom stereocenters. The largest absolute Gasteiger partial charge is 0.256 e. The zero-order chi connectivity index (χ0) is 35.1. The number of pyridine rings is 1. The van der Waals surface area contributed by atoms with E-state index in [1.807, 2.05) is 42.6 Å². The van der Waals surface area contributed by atoms with Gasteiger partial charge >= 0.3 is 0 Å². The summed E-state index contributed by atoms with van der Waals surface area (Å²) in [4.78, 5) is 4.71. The highest BCUT2D eigenvalue weighted by Crippen LogP contribution is 2.53. The molecular formula is C49H29N3. The Morgan fingerprint density at radius 3 is 1.56 bits per heavy atom. The minimum Gasteiger partial charge on any atom is -0.256 e. The molecule has 0 bridgehead atoms. The van der Waals surface area contributed by atoms with Crippen LogP contribution in [-0.2, 0) is 0 Å². The van der Waals surface area contributed by atoms with Crippen molar-refractivity contribution in [1.29, 1.82) is 10.5 Å². The molecule has 0 saturated carbocycles. The molecule has 0 N–H and O–H groups in total. The van der Waals surface area contributed by atoms with E-state index in [9.17, 15) is 10.5 Å². The van der Waals surface area contributed by atoms with Gasteiger partial charge in [-0.25, -0.2) is 0 Å². The highest BCUT2D eigenvalue weighted by Gasteiger charge is 2.26. The fourth-order valence-corrected chi connectivity index (χ4v) is 8.61. The van der Waals surface area contributed by atoms with Crippen LogP contribution in [0.3, 0.4) is 0 Å². The zero-order valence-electron chi connectivity index (χ0n) is 28.6. The number of rotatable bonds is 3. The van der Waals surface area contributed by atoms with Crippen LogP contribution in [0.1, 0.15) is 22.3 Å². The average Bonchev–Trinajstić information content (AvgIpc) is 3.50. The summed E-state index contributed by atoms with van der Waals surface area (Å²) in [6, 6.07) is 52.0. The molecule has 8 aromatic carbocycles. The third-order valence-corrected chi connectivity index (χ3v) is 11.0. The predicted octanol–water partition coefficient (Wildman–Crippen LogP) is 12.7. The lowest BCUT2D eigenvalue weighted by molar-refractivity contribution is 1.33. The maximum absolute atomic E-state index is 9.71. The monoisotopic (exact) mass is 659 g/mol. The average molecular weight is 660 g/mol. The van der Waals surface area contributed by atoms with E-state index in [1.165, 1.54) is 65.3 Å². The standard InChI is InChI=1S/C49H29N3/c1-28-20-30(26-50)13-15-32(28)40-22-46-42(35-9-4-3-8-34(35)40)23-41(33-16-14-31(27-51)21-29(33)2)45-24-43-38-11-7-10-37-36(48-12-5-6-19-52-48)17-18-39(49(37)38)44(43)25-47(45)46/h3-25H,1-2H3. The van der Waals surface area contributed by atoms with Gasteiger partial charge in [0.2, 0.25) is 0 Å². The lowest BCUT2D eigenvalue weighted by Crippen LogP contribution is -1.93. The fraction of sp³-hybridized carbons (Fsp3) is 0.0408. The number of aromatic nitrogens is 1. The van der Waals surface area contributed by atoms with Crippen LogP contribution in [0, 0.1) is 36.5 Å². The van der Waals surface area contributed by atoms with Gasteiger partial charge in [0, 0.05) is 11.8 Å². The first-order valence-corrected chi connectivity index (χ1v) is 17.5. The van der Waals surface area contributed by atoms with E-state index in [1.54, 1.807) is 0 Å². The molecule has 9 aromatic rings. The molecule has 0 unspecified atom stereocenters. The first-order chi connectivity index (χ1) is 25.5. The minimum absolute atomic E-state index is 0.658. The summed E-state index contributed by atoms with van der Waals surface area (Å²) in [5, 5.41) is 28.9. The number of fused-ring (bicyclic) bond motifs is 8. The maximum Gasteiger partial charge on any atom is 0.0991 e. The summed E-state index contributed by atoms with van der Waals surface area (Å²) < 4.78 is 0. The number of hydrogen-bond donors (Lipinski definition) is 0. The summed E-state index contributed by atoms with van der Waals surface area (Å²) in [7, 11) is 0. The molecule has 3 heteroatoms. The van der Waals surface area contributed by atoms with E-state index in [4.69, 9.17) is 4.98 Å². The summed E-state index contributed by atoms with van der Waals surface area (Å²) >= 11 is 0. The Kier molecular flexibility index (Phi) is 6.44. The molecule has 0 aliphatic heterocycles. The van der Waals surface area contributed by atoms with Crippen molar-refractivity contribution < 1.29 is 0 Å². The Labute approximate surface area is 301 Å². The highest BCUT2D eigenvalue weighted by atomic mass is 14.7. The first-order valence-electron chi connectivity index (χ1n) is 17.5. The molecular weight excluding hydrogens is 631 g/mol. The third-order valence-electron chi connectivity index (χ3n) is 11.0. The Hall–Kier alpha value is -7.07. The second-order valence-electron chi connectivity index (χ2n) is 13.8. The molecule has 1 heterocycles. The Balaban J connectivity index is 1.34. The van der Waals surface area contributed by atoms with Crippen LogP contribution < -0.4 is 0 Å². The Morgan fingerprint density at radius 1 is 0.385 bits per heavy atom. The van der Waals surface area contributed by atoms with Crippen molar-refractivity contribution in [3.8, 4) is 67.9 Å². The molecule has 52 heavy (non-hydrogen) atoms. The van der Waals surface area contributed by atoms with Crippen LogP contribution in [-0.4, -0.2) is 4.98 Å². The van der Waals surface area contributed by atoms with Gasteiger partial charge < -0.3 is 0 Å². The molecule has 240 valence electrons. The number of benzene rings is 8. The zero-order valence-corrected chi connectivity index (χ0v) is 28.6. The van der Waals surface area contributed by atoms with Crippen LogP contribution in [0.2, 0.25) is 0 Å². The van der Waals surface area contributed by atoms with Crippen LogP contribution in [0.5, 0.6) is 0 Å². The van der Waals surface area contributed by atoms with Gasteiger partial charge in [0.05, 0.1) is 29.0 Å². The quantitative estimate of drug-likeness (QED) is 0.177. The molecule has 0 saturated heterocycles. The van der Waals surface area contributed by atoms with Crippen molar-refractivity contribution in [2.24, 2.45) is 0 Å². The molecule has 1 aromatic heterocycles. The van der Waals surface area contributed by atoms with Crippen molar-refractivity contribution >= 4 is 43.1 Å². The van der Waals surface area contributed by atoms with Gasteiger partial charge in [0.1, 0.15) is 0 Å². The number of aryl methyl sites for hydroxylation is 2. The smallest absolute Gasteiger partial charge is 0.0991 e. The minimum atomic E-state index is 0.658. The van der Waals surface area contributed by atoms with Crippen molar-refractivity contribution in [1.82, 2.24) is 4.98 Å². The van der Waals surface area contributed by atoms with Gasteiger partial charge in [-0.2, -0.15) is 10.5 Å². The maximum atomic E-state index is 9.71. The number of nitriles is 2. The topological polar surface area (TPSA) is 60.5 Å². The van der Waals surface area contributed by atoms with E-state index in [0.717, 1.165) is 44.6 Å².